The molecule has 0 bridgehead atoms. The largest absolute Gasteiger partial charge is 0.330 e. The lowest BCUT2D eigenvalue weighted by Crippen LogP contribution is -2.10. The van der Waals surface area contributed by atoms with Gasteiger partial charge in [-0.2, -0.15) is 0 Å². The number of rotatable bonds is 0. The van der Waals surface area contributed by atoms with Crippen LogP contribution in [0.25, 0.3) is 0 Å². The molecule has 0 spiro atoms. The highest BCUT2D eigenvalue weighted by Crippen LogP contribution is 1.97. The molecule has 1 rings (SSSR count). The minimum Gasteiger partial charge on any atom is -0.330 e. The van der Waals surface area contributed by atoms with Gasteiger partial charge >= 0.3 is 0 Å². The molecule has 0 saturated heterocycles. The highest BCUT2D eigenvalue weighted by molar-refractivity contribution is 6.29. The first-order valence-corrected chi connectivity index (χ1v) is 2.45. The fraction of sp³-hybridized carbons (Fsp3) is 0.200. The molecule has 1 aliphatic heterocycles. The lowest BCUT2D eigenvalue weighted by atomic mass is 10.4. The normalized spacial score (nSPS) is 17.0. The molecule has 0 aliphatic carbocycles. The first kappa shape index (κ1) is 4.63. The zero-order valence-electron chi connectivity index (χ0n) is 3.74. The molecule has 0 fully saturated rings. The number of halogens is 1. The minimum absolute atomic E-state index is 0.600. The van der Waals surface area contributed by atoms with Crippen molar-refractivity contribution in [2.45, 2.75) is 0 Å². The van der Waals surface area contributed by atoms with Crippen molar-refractivity contribution in [3.8, 4) is 0 Å². The average Bonchev–Trinajstić information content (AvgIpc) is 1.69. The van der Waals surface area contributed by atoms with Crippen molar-refractivity contribution in [3.63, 3.8) is 0 Å². The summed E-state index contributed by atoms with van der Waals surface area (Å²) in [6.07, 6.45) is 6.53. The SMILES string of the molecule is ClC1=[C+]C=CCN1. The maximum absolute atomic E-state index is 5.46. The molecule has 7 heavy (non-hydrogen) atoms. The van der Waals surface area contributed by atoms with Crippen LogP contribution in [-0.2, 0) is 0 Å². The number of allylic oxidation sites excluding steroid dienone is 2. The topological polar surface area (TPSA) is 12.0 Å². The third-order valence-electron chi connectivity index (χ3n) is 0.703. The van der Waals surface area contributed by atoms with E-state index < -0.39 is 0 Å². The molecular weight excluding hydrogens is 110 g/mol. The van der Waals surface area contributed by atoms with Crippen LogP contribution >= 0.6 is 11.6 Å². The van der Waals surface area contributed by atoms with Crippen LogP contribution in [0.1, 0.15) is 0 Å². The van der Waals surface area contributed by atoms with Gasteiger partial charge in [0.25, 0.3) is 5.16 Å². The molecule has 0 unspecified atom stereocenters. The molecule has 0 aromatic carbocycles. The Bertz CT molecular complexity index is 115. The van der Waals surface area contributed by atoms with Crippen molar-refractivity contribution in [2.24, 2.45) is 0 Å². The summed E-state index contributed by atoms with van der Waals surface area (Å²) >= 11 is 5.46. The van der Waals surface area contributed by atoms with Gasteiger partial charge in [0.05, 0.1) is 6.08 Å². The average molecular weight is 115 g/mol. The van der Waals surface area contributed by atoms with E-state index in [1.54, 1.807) is 6.08 Å². The standard InChI is InChI=1S/C5H5ClN/c6-5-3-1-2-4-7-5/h1-2,7H,4H2/q+1. The van der Waals surface area contributed by atoms with Crippen molar-refractivity contribution < 1.29 is 0 Å². The van der Waals surface area contributed by atoms with Gasteiger partial charge in [-0.15, -0.1) is 0 Å². The highest BCUT2D eigenvalue weighted by Gasteiger charge is 1.99. The summed E-state index contributed by atoms with van der Waals surface area (Å²) < 4.78 is 0. The van der Waals surface area contributed by atoms with Gasteiger partial charge in [0.15, 0.2) is 6.08 Å². The molecule has 0 radical (unpaired) electrons. The number of hydrogen-bond acceptors (Lipinski definition) is 1. The van der Waals surface area contributed by atoms with E-state index in [4.69, 9.17) is 11.6 Å². The molecule has 36 valence electrons. The second kappa shape index (κ2) is 1.97. The van der Waals surface area contributed by atoms with Gasteiger partial charge in [-0.25, -0.2) is 0 Å². The predicted octanol–water partition coefficient (Wildman–Crippen LogP) is 1.03. The van der Waals surface area contributed by atoms with Crippen LogP contribution in [0.3, 0.4) is 0 Å². The molecule has 2 heteroatoms. The van der Waals surface area contributed by atoms with Gasteiger partial charge in [-0.05, 0) is 11.6 Å². The second-order valence-corrected chi connectivity index (χ2v) is 1.62. The summed E-state index contributed by atoms with van der Waals surface area (Å²) in [5, 5.41) is 3.47. The van der Waals surface area contributed by atoms with Gasteiger partial charge in [0.2, 0.25) is 0 Å². The van der Waals surface area contributed by atoms with Gasteiger partial charge in [-0.3, -0.25) is 0 Å². The third-order valence-corrected chi connectivity index (χ3v) is 0.946. The summed E-state index contributed by atoms with van der Waals surface area (Å²) in [6.45, 7) is 0.825. The molecule has 1 nitrogen and oxygen atoms in total. The van der Waals surface area contributed by atoms with Crippen LogP contribution in [0, 0.1) is 6.08 Å². The monoisotopic (exact) mass is 114 g/mol. The number of hydrogen-bond donors (Lipinski definition) is 1. The van der Waals surface area contributed by atoms with Crippen molar-refractivity contribution in [2.75, 3.05) is 6.54 Å². The Morgan fingerprint density at radius 3 is 3.00 bits per heavy atom. The summed E-state index contributed by atoms with van der Waals surface area (Å²) in [7, 11) is 0. The van der Waals surface area contributed by atoms with Gasteiger partial charge < -0.3 is 5.32 Å². The fourth-order valence-electron chi connectivity index (χ4n) is 0.391. The van der Waals surface area contributed by atoms with Crippen molar-refractivity contribution in [3.05, 3.63) is 23.4 Å². The Labute approximate surface area is 47.7 Å². The van der Waals surface area contributed by atoms with Crippen LogP contribution in [-0.4, -0.2) is 6.54 Å². The van der Waals surface area contributed by atoms with E-state index in [2.05, 4.69) is 11.4 Å². The molecule has 1 N–H and O–H groups in total. The second-order valence-electron chi connectivity index (χ2n) is 1.24. The fourth-order valence-corrected chi connectivity index (χ4v) is 0.531. The summed E-state index contributed by atoms with van der Waals surface area (Å²) in [6, 6.07) is 0. The van der Waals surface area contributed by atoms with E-state index in [0.29, 0.717) is 5.16 Å². The summed E-state index contributed by atoms with van der Waals surface area (Å²) in [4.78, 5) is 0. The molecular formula is C5H5ClN+. The van der Waals surface area contributed by atoms with E-state index in [0.717, 1.165) is 6.54 Å². The summed E-state index contributed by atoms with van der Waals surface area (Å²) in [5.41, 5.74) is 0. The van der Waals surface area contributed by atoms with E-state index >= 15 is 0 Å². The molecule has 0 atom stereocenters. The van der Waals surface area contributed by atoms with Gasteiger partial charge in [-0.1, -0.05) is 0 Å². The van der Waals surface area contributed by atoms with Gasteiger partial charge in [0, 0.05) is 0 Å². The lowest BCUT2D eigenvalue weighted by Gasteiger charge is -1.91. The molecule has 1 heterocycles. The van der Waals surface area contributed by atoms with Crippen molar-refractivity contribution in [1.82, 2.24) is 5.32 Å². The van der Waals surface area contributed by atoms with E-state index in [1.807, 2.05) is 6.08 Å². The predicted molar refractivity (Wildman–Crippen MR) is 29.8 cm³/mol. The maximum Gasteiger partial charge on any atom is 0.252 e. The van der Waals surface area contributed by atoms with Crippen molar-refractivity contribution in [1.29, 1.82) is 0 Å². The van der Waals surface area contributed by atoms with E-state index in [-0.39, 0.29) is 0 Å². The Kier molecular flexibility index (Phi) is 1.30. The number of dihydropyridines is 1. The first-order chi connectivity index (χ1) is 3.39. The van der Waals surface area contributed by atoms with E-state index in [1.165, 1.54) is 0 Å². The Morgan fingerprint density at radius 2 is 2.71 bits per heavy atom. The third kappa shape index (κ3) is 1.19. The van der Waals surface area contributed by atoms with Crippen LogP contribution in [0.15, 0.2) is 17.3 Å². The Balaban J connectivity index is 2.57. The lowest BCUT2D eigenvalue weighted by molar-refractivity contribution is 0.943. The van der Waals surface area contributed by atoms with Crippen LogP contribution in [0.5, 0.6) is 0 Å². The smallest absolute Gasteiger partial charge is 0.252 e. The first-order valence-electron chi connectivity index (χ1n) is 2.07. The van der Waals surface area contributed by atoms with E-state index in [9.17, 15) is 0 Å². The summed E-state index contributed by atoms with van der Waals surface area (Å²) in [5.74, 6) is 0. The molecule has 1 aliphatic rings. The quantitative estimate of drug-likeness (QED) is 0.366. The van der Waals surface area contributed by atoms with Crippen LogP contribution < -0.4 is 5.32 Å². The number of nitrogens with one attached hydrogen (secondary N) is 1. The molecule has 0 aromatic rings. The molecule has 0 aromatic heterocycles. The zero-order valence-corrected chi connectivity index (χ0v) is 4.50. The molecule has 0 saturated carbocycles. The van der Waals surface area contributed by atoms with Gasteiger partial charge in [0.1, 0.15) is 12.6 Å². The highest BCUT2D eigenvalue weighted by atomic mass is 35.5. The van der Waals surface area contributed by atoms with Crippen LogP contribution in [0.4, 0.5) is 0 Å². The zero-order chi connectivity index (χ0) is 5.11. The Morgan fingerprint density at radius 1 is 1.86 bits per heavy atom. The van der Waals surface area contributed by atoms with Crippen molar-refractivity contribution >= 4 is 11.6 Å². The Hall–Kier alpha value is -0.520. The maximum atomic E-state index is 5.46. The van der Waals surface area contributed by atoms with Crippen LogP contribution in [0.2, 0.25) is 0 Å². The molecule has 0 amide bonds. The minimum atomic E-state index is 0.600.